The number of nitrogens with zero attached hydrogens (tertiary/aromatic N) is 3. The molecule has 3 aromatic rings. The van der Waals surface area contributed by atoms with E-state index in [1.807, 2.05) is 39.8 Å². The Bertz CT molecular complexity index is 1260. The van der Waals surface area contributed by atoms with Gasteiger partial charge in [-0.2, -0.15) is 0 Å². The van der Waals surface area contributed by atoms with Crippen LogP contribution in [0.1, 0.15) is 39.3 Å². The Labute approximate surface area is 195 Å². The van der Waals surface area contributed by atoms with E-state index in [0.29, 0.717) is 38.4 Å². The number of halogens is 2. The van der Waals surface area contributed by atoms with Crippen molar-refractivity contribution in [2.75, 3.05) is 0 Å². The first-order valence-electron chi connectivity index (χ1n) is 9.86. The van der Waals surface area contributed by atoms with Gasteiger partial charge in [-0.1, -0.05) is 35.3 Å². The van der Waals surface area contributed by atoms with Crippen molar-refractivity contribution in [2.24, 2.45) is 4.99 Å². The van der Waals surface area contributed by atoms with Gasteiger partial charge in [-0.15, -0.1) is 0 Å². The average Bonchev–Trinajstić information content (AvgIpc) is 2.68. The second-order valence-corrected chi connectivity index (χ2v) is 8.84. The molecule has 1 N–H and O–H groups in total. The molecule has 0 saturated heterocycles. The summed E-state index contributed by atoms with van der Waals surface area (Å²) in [5, 5.41) is 1.07. The molecule has 1 heterocycles. The fourth-order valence-corrected chi connectivity index (χ4v) is 3.75. The van der Waals surface area contributed by atoms with Gasteiger partial charge >= 0.3 is 5.69 Å². The number of rotatable bonds is 6. The standard InChI is InChI=1S/C22H24Cl2N4O2S/c1-13(2)28-21(31)26-20(25-17-9-10-19(18(24)11-17)30-14(3)4)27(22(28)29)12-15-5-7-16(23)8-6-15/h5-11,13-14H,12H2,1-4H3,(H,25,26,31). The van der Waals surface area contributed by atoms with Crippen LogP contribution >= 0.6 is 35.4 Å². The fourth-order valence-electron chi connectivity index (χ4n) is 3.02. The maximum absolute atomic E-state index is 13.3. The largest absolute Gasteiger partial charge is 0.489 e. The maximum atomic E-state index is 13.3. The first-order chi connectivity index (χ1) is 14.7. The highest BCUT2D eigenvalue weighted by atomic mass is 35.5. The third-order valence-corrected chi connectivity index (χ3v) is 5.26. The molecule has 0 spiro atoms. The van der Waals surface area contributed by atoms with Crippen molar-refractivity contribution in [1.82, 2.24) is 14.1 Å². The van der Waals surface area contributed by atoms with E-state index in [1.54, 1.807) is 34.9 Å². The minimum atomic E-state index is -0.252. The molecule has 164 valence electrons. The van der Waals surface area contributed by atoms with E-state index in [2.05, 4.69) is 9.98 Å². The van der Waals surface area contributed by atoms with Crippen LogP contribution in [0.15, 0.2) is 52.3 Å². The number of hydrogen-bond donors (Lipinski definition) is 1. The number of aromatic amines is 1. The van der Waals surface area contributed by atoms with Crippen LogP contribution in [0.4, 0.5) is 5.69 Å². The van der Waals surface area contributed by atoms with Gasteiger partial charge in [-0.05, 0) is 75.8 Å². The number of nitrogens with one attached hydrogen (secondary N) is 1. The highest BCUT2D eigenvalue weighted by Gasteiger charge is 2.11. The zero-order valence-corrected chi connectivity index (χ0v) is 20.1. The Morgan fingerprint density at radius 1 is 1.10 bits per heavy atom. The van der Waals surface area contributed by atoms with Gasteiger partial charge in [0.15, 0.2) is 4.77 Å². The van der Waals surface area contributed by atoms with Crippen molar-refractivity contribution in [2.45, 2.75) is 46.4 Å². The molecule has 31 heavy (non-hydrogen) atoms. The number of aromatic nitrogens is 3. The molecule has 2 aromatic carbocycles. The molecule has 0 aliphatic rings. The van der Waals surface area contributed by atoms with Crippen LogP contribution in [0.5, 0.6) is 5.75 Å². The zero-order chi connectivity index (χ0) is 22.7. The van der Waals surface area contributed by atoms with Gasteiger partial charge in [-0.3, -0.25) is 9.13 Å². The highest BCUT2D eigenvalue weighted by molar-refractivity contribution is 7.71. The van der Waals surface area contributed by atoms with E-state index in [4.69, 9.17) is 40.2 Å². The monoisotopic (exact) mass is 478 g/mol. The molecular weight excluding hydrogens is 455 g/mol. The van der Waals surface area contributed by atoms with Crippen LogP contribution in [0.3, 0.4) is 0 Å². The molecule has 0 radical (unpaired) electrons. The molecule has 1 aromatic heterocycles. The molecule has 0 fully saturated rings. The first-order valence-corrected chi connectivity index (χ1v) is 11.0. The van der Waals surface area contributed by atoms with E-state index in [1.165, 1.54) is 4.57 Å². The minimum Gasteiger partial charge on any atom is -0.489 e. The lowest BCUT2D eigenvalue weighted by molar-refractivity contribution is 0.242. The number of ether oxygens (including phenoxy) is 1. The summed E-state index contributed by atoms with van der Waals surface area (Å²) in [5.74, 6) is 0.577. The number of benzene rings is 2. The molecule has 0 saturated carbocycles. The summed E-state index contributed by atoms with van der Waals surface area (Å²) >= 11 is 17.8. The Morgan fingerprint density at radius 3 is 2.35 bits per heavy atom. The first kappa shape index (κ1) is 23.3. The third-order valence-electron chi connectivity index (χ3n) is 4.41. The van der Waals surface area contributed by atoms with Gasteiger partial charge in [-0.25, -0.2) is 9.79 Å². The van der Waals surface area contributed by atoms with Crippen molar-refractivity contribution < 1.29 is 4.74 Å². The predicted octanol–water partition coefficient (Wildman–Crippen LogP) is 5.66. The van der Waals surface area contributed by atoms with Crippen LogP contribution in [-0.2, 0) is 6.54 Å². The van der Waals surface area contributed by atoms with E-state index in [9.17, 15) is 4.79 Å². The topological polar surface area (TPSA) is 64.3 Å². The molecule has 0 aliphatic carbocycles. The average molecular weight is 479 g/mol. The summed E-state index contributed by atoms with van der Waals surface area (Å²) in [4.78, 5) is 21.0. The SMILES string of the molecule is CC(C)Oc1ccc(/N=c2/[nH]c(=S)n(C(C)C)c(=O)n2Cc2ccc(Cl)cc2)cc1Cl. The molecular formula is C22H24Cl2N4O2S. The number of H-pyrrole nitrogens is 1. The molecule has 0 atom stereocenters. The fraction of sp³-hybridized carbons (Fsp3) is 0.318. The van der Waals surface area contributed by atoms with Gasteiger partial charge in [0, 0.05) is 11.1 Å². The third kappa shape index (κ3) is 5.67. The van der Waals surface area contributed by atoms with Gasteiger partial charge in [0.25, 0.3) is 0 Å². The lowest BCUT2D eigenvalue weighted by Crippen LogP contribution is -2.43. The molecule has 0 bridgehead atoms. The van der Waals surface area contributed by atoms with E-state index >= 15 is 0 Å². The minimum absolute atomic E-state index is 0.00144. The molecule has 3 rings (SSSR count). The van der Waals surface area contributed by atoms with Crippen LogP contribution in [0.25, 0.3) is 0 Å². The zero-order valence-electron chi connectivity index (χ0n) is 17.7. The van der Waals surface area contributed by atoms with Crippen molar-refractivity contribution in [1.29, 1.82) is 0 Å². The lowest BCUT2D eigenvalue weighted by Gasteiger charge is -2.15. The van der Waals surface area contributed by atoms with Crippen molar-refractivity contribution in [3.63, 3.8) is 0 Å². The summed E-state index contributed by atoms with van der Waals surface area (Å²) in [6.45, 7) is 7.97. The normalized spacial score (nSPS) is 12.1. The Hall–Kier alpha value is -2.35. The molecule has 0 unspecified atom stereocenters. The summed E-state index contributed by atoms with van der Waals surface area (Å²) in [6, 6.07) is 12.4. The van der Waals surface area contributed by atoms with Gasteiger partial charge < -0.3 is 9.72 Å². The smallest absolute Gasteiger partial charge is 0.333 e. The number of hydrogen-bond acceptors (Lipinski definition) is 4. The van der Waals surface area contributed by atoms with Crippen molar-refractivity contribution >= 4 is 41.1 Å². The summed E-state index contributed by atoms with van der Waals surface area (Å²) in [6.07, 6.45) is 0.00144. The van der Waals surface area contributed by atoms with Crippen LogP contribution < -0.4 is 16.0 Å². The maximum Gasteiger partial charge on any atom is 0.333 e. The van der Waals surface area contributed by atoms with Gasteiger partial charge in [0.1, 0.15) is 5.75 Å². The van der Waals surface area contributed by atoms with Crippen molar-refractivity contribution in [3.05, 3.63) is 78.9 Å². The van der Waals surface area contributed by atoms with Crippen LogP contribution in [-0.4, -0.2) is 20.2 Å². The summed E-state index contributed by atoms with van der Waals surface area (Å²) in [5.41, 5.74) is 1.55. The Kier molecular flexibility index (Phi) is 7.41. The summed E-state index contributed by atoms with van der Waals surface area (Å²) in [7, 11) is 0. The van der Waals surface area contributed by atoms with E-state index in [0.717, 1.165) is 5.56 Å². The highest BCUT2D eigenvalue weighted by Crippen LogP contribution is 2.29. The Balaban J connectivity index is 2.16. The van der Waals surface area contributed by atoms with E-state index < -0.39 is 0 Å². The molecule has 9 heteroatoms. The molecule has 0 aliphatic heterocycles. The predicted molar refractivity (Wildman–Crippen MR) is 127 cm³/mol. The lowest BCUT2D eigenvalue weighted by atomic mass is 10.2. The van der Waals surface area contributed by atoms with Crippen molar-refractivity contribution in [3.8, 4) is 5.75 Å². The second-order valence-electron chi connectivity index (χ2n) is 7.61. The second kappa shape index (κ2) is 9.85. The Morgan fingerprint density at radius 2 is 1.77 bits per heavy atom. The molecule has 6 nitrogen and oxygen atoms in total. The molecule has 0 amide bonds. The van der Waals surface area contributed by atoms with Crippen LogP contribution in [0.2, 0.25) is 10.0 Å². The van der Waals surface area contributed by atoms with Gasteiger partial charge in [0.05, 0.1) is 23.4 Å². The summed E-state index contributed by atoms with van der Waals surface area (Å²) < 4.78 is 9.05. The van der Waals surface area contributed by atoms with Crippen LogP contribution in [0, 0.1) is 4.77 Å². The van der Waals surface area contributed by atoms with Gasteiger partial charge in [0.2, 0.25) is 5.62 Å². The van der Waals surface area contributed by atoms with E-state index in [-0.39, 0.29) is 17.8 Å². The quantitative estimate of drug-likeness (QED) is 0.464.